The Morgan fingerprint density at radius 3 is 1.83 bits per heavy atom. The summed E-state index contributed by atoms with van der Waals surface area (Å²) in [6.45, 7) is 4.17. The van der Waals surface area contributed by atoms with E-state index >= 15 is 0 Å². The predicted octanol–water partition coefficient (Wildman–Crippen LogP) is 8.32. The molecule has 0 spiro atoms. The summed E-state index contributed by atoms with van der Waals surface area (Å²) < 4.78 is 0. The maximum atomic E-state index is 4.17. The average molecular weight is 391 g/mol. The molecule has 6 unspecified atom stereocenters. The fraction of sp³-hybridized carbons (Fsp3) is 0.724. The topological polar surface area (TPSA) is 0 Å². The van der Waals surface area contributed by atoms with Gasteiger partial charge in [0.25, 0.3) is 0 Å². The van der Waals surface area contributed by atoms with Gasteiger partial charge in [0, 0.05) is 5.41 Å². The van der Waals surface area contributed by atoms with Gasteiger partial charge in [-0.3, -0.25) is 0 Å². The van der Waals surface area contributed by atoms with Gasteiger partial charge in [-0.15, -0.1) is 6.58 Å². The molecule has 4 fully saturated rings. The van der Waals surface area contributed by atoms with Crippen LogP contribution in [0.15, 0.2) is 43.0 Å². The lowest BCUT2D eigenvalue weighted by atomic mass is 9.53. The summed E-state index contributed by atoms with van der Waals surface area (Å²) in [5.41, 5.74) is 2.11. The molecular weight excluding hydrogens is 348 g/mol. The van der Waals surface area contributed by atoms with Gasteiger partial charge in [-0.1, -0.05) is 74.9 Å². The summed E-state index contributed by atoms with van der Waals surface area (Å²) in [5, 5.41) is 0. The lowest BCUT2D eigenvalue weighted by Gasteiger charge is -2.51. The molecule has 158 valence electrons. The molecule has 0 heterocycles. The van der Waals surface area contributed by atoms with Crippen LogP contribution in [-0.4, -0.2) is 0 Å². The Labute approximate surface area is 179 Å². The van der Waals surface area contributed by atoms with E-state index in [-0.39, 0.29) is 0 Å². The zero-order valence-corrected chi connectivity index (χ0v) is 18.5. The van der Waals surface area contributed by atoms with Crippen LogP contribution in [0.2, 0.25) is 0 Å². The van der Waals surface area contributed by atoms with E-state index in [0.29, 0.717) is 5.41 Å². The van der Waals surface area contributed by atoms with Crippen molar-refractivity contribution in [3.8, 4) is 0 Å². The molecule has 5 rings (SSSR count). The summed E-state index contributed by atoms with van der Waals surface area (Å²) in [4.78, 5) is 0. The Kier molecular flexibility index (Phi) is 5.90. The zero-order valence-electron chi connectivity index (χ0n) is 18.5. The van der Waals surface area contributed by atoms with Gasteiger partial charge in [-0.05, 0) is 92.4 Å². The van der Waals surface area contributed by atoms with Crippen molar-refractivity contribution < 1.29 is 0 Å². The van der Waals surface area contributed by atoms with Gasteiger partial charge in [0.2, 0.25) is 0 Å². The molecule has 4 aliphatic rings. The van der Waals surface area contributed by atoms with Crippen LogP contribution in [0.4, 0.5) is 0 Å². The second-order valence-corrected chi connectivity index (χ2v) is 11.0. The molecular formula is C29H42. The maximum absolute atomic E-state index is 4.17. The first kappa shape index (κ1) is 19.9. The van der Waals surface area contributed by atoms with Crippen LogP contribution in [0.25, 0.3) is 0 Å². The molecule has 1 aromatic rings. The van der Waals surface area contributed by atoms with Gasteiger partial charge < -0.3 is 0 Å². The Balaban J connectivity index is 1.60. The molecule has 0 N–H and O–H groups in total. The third-order valence-corrected chi connectivity index (χ3v) is 10.1. The molecule has 4 aliphatic carbocycles. The van der Waals surface area contributed by atoms with Crippen LogP contribution in [0.5, 0.6) is 0 Å². The quantitative estimate of drug-likeness (QED) is 0.428. The highest BCUT2D eigenvalue weighted by molar-refractivity contribution is 5.31. The summed E-state index contributed by atoms with van der Waals surface area (Å²) in [6, 6.07) is 11.9. The zero-order chi connectivity index (χ0) is 19.7. The minimum atomic E-state index is 0.406. The number of benzene rings is 1. The van der Waals surface area contributed by atoms with Gasteiger partial charge in [0.05, 0.1) is 0 Å². The Morgan fingerprint density at radius 1 is 0.724 bits per heavy atom. The van der Waals surface area contributed by atoms with Crippen molar-refractivity contribution in [1.82, 2.24) is 0 Å². The molecule has 0 heteroatoms. The summed E-state index contributed by atoms with van der Waals surface area (Å²) >= 11 is 0. The Morgan fingerprint density at radius 2 is 1.28 bits per heavy atom. The van der Waals surface area contributed by atoms with E-state index in [4.69, 9.17) is 0 Å². The number of hydrogen-bond acceptors (Lipinski definition) is 0. The first-order valence-electron chi connectivity index (χ1n) is 13.0. The van der Waals surface area contributed by atoms with Crippen molar-refractivity contribution in [2.75, 3.05) is 0 Å². The predicted molar refractivity (Wildman–Crippen MR) is 124 cm³/mol. The standard InChI is InChI=1S/C29H42/c1-2-3-21-29(24-13-5-4-6-14-24,27-19-17-22-11-7-9-15-25(22)27)28-20-18-23-12-8-10-16-26(23)28/h2,4-6,13-14,22-23,25-28H,1,3,7-12,15-21H2. The van der Waals surface area contributed by atoms with E-state index in [1.54, 1.807) is 5.56 Å². The van der Waals surface area contributed by atoms with E-state index in [2.05, 4.69) is 43.0 Å². The van der Waals surface area contributed by atoms with E-state index < -0.39 is 0 Å². The Bertz CT molecular complexity index is 641. The van der Waals surface area contributed by atoms with E-state index in [1.807, 2.05) is 0 Å². The van der Waals surface area contributed by atoms with Crippen LogP contribution >= 0.6 is 0 Å². The molecule has 0 saturated heterocycles. The molecule has 0 aromatic heterocycles. The molecule has 4 saturated carbocycles. The molecule has 0 bridgehead atoms. The van der Waals surface area contributed by atoms with Crippen LogP contribution in [0, 0.1) is 35.5 Å². The highest BCUT2D eigenvalue weighted by Crippen LogP contribution is 2.63. The van der Waals surface area contributed by atoms with Gasteiger partial charge >= 0.3 is 0 Å². The number of hydrogen-bond donors (Lipinski definition) is 0. The summed E-state index contributed by atoms with van der Waals surface area (Å²) in [7, 11) is 0. The Hall–Kier alpha value is -1.04. The molecule has 6 atom stereocenters. The molecule has 0 nitrogen and oxygen atoms in total. The van der Waals surface area contributed by atoms with Crippen molar-refractivity contribution in [3.63, 3.8) is 0 Å². The summed E-state index contributed by atoms with van der Waals surface area (Å²) in [6.07, 6.45) is 22.8. The fourth-order valence-corrected chi connectivity index (χ4v) is 9.05. The van der Waals surface area contributed by atoms with Crippen molar-refractivity contribution >= 4 is 0 Å². The van der Waals surface area contributed by atoms with Crippen LogP contribution in [-0.2, 0) is 5.41 Å². The number of fused-ring (bicyclic) bond motifs is 2. The smallest absolute Gasteiger partial charge is 0.00179 e. The monoisotopic (exact) mass is 390 g/mol. The minimum Gasteiger partial charge on any atom is -0.103 e. The summed E-state index contributed by atoms with van der Waals surface area (Å²) in [5.74, 6) is 5.89. The lowest BCUT2D eigenvalue weighted by Crippen LogP contribution is -2.47. The fourth-order valence-electron chi connectivity index (χ4n) is 9.05. The van der Waals surface area contributed by atoms with Crippen LogP contribution < -0.4 is 0 Å². The highest BCUT2D eigenvalue weighted by Gasteiger charge is 2.56. The maximum Gasteiger partial charge on any atom is 0.00179 e. The normalized spacial score (nSPS) is 38.8. The third-order valence-electron chi connectivity index (χ3n) is 10.1. The van der Waals surface area contributed by atoms with Crippen molar-refractivity contribution in [2.45, 2.75) is 95.3 Å². The first-order valence-corrected chi connectivity index (χ1v) is 13.0. The SMILES string of the molecule is C=CCCC(c1ccccc1)(C1CCC2CCCCC21)C1CCC2CCCCC21. The van der Waals surface area contributed by atoms with E-state index in [1.165, 1.54) is 89.9 Å². The average Bonchev–Trinajstić information content (AvgIpc) is 3.41. The second-order valence-electron chi connectivity index (χ2n) is 11.0. The number of rotatable bonds is 6. The van der Waals surface area contributed by atoms with Gasteiger partial charge in [0.1, 0.15) is 0 Å². The van der Waals surface area contributed by atoms with E-state index in [9.17, 15) is 0 Å². The van der Waals surface area contributed by atoms with Crippen LogP contribution in [0.3, 0.4) is 0 Å². The largest absolute Gasteiger partial charge is 0.103 e. The molecule has 0 amide bonds. The van der Waals surface area contributed by atoms with Crippen LogP contribution in [0.1, 0.15) is 95.5 Å². The van der Waals surface area contributed by atoms with Crippen molar-refractivity contribution in [2.24, 2.45) is 35.5 Å². The second kappa shape index (κ2) is 8.60. The highest BCUT2D eigenvalue weighted by atomic mass is 14.6. The lowest BCUT2D eigenvalue weighted by molar-refractivity contribution is 0.0541. The van der Waals surface area contributed by atoms with Crippen molar-refractivity contribution in [1.29, 1.82) is 0 Å². The minimum absolute atomic E-state index is 0.406. The first-order chi connectivity index (χ1) is 14.3. The third kappa shape index (κ3) is 3.43. The molecule has 0 aliphatic heterocycles. The molecule has 29 heavy (non-hydrogen) atoms. The van der Waals surface area contributed by atoms with Gasteiger partial charge in [-0.25, -0.2) is 0 Å². The van der Waals surface area contributed by atoms with E-state index in [0.717, 1.165) is 35.5 Å². The molecule has 1 aromatic carbocycles. The van der Waals surface area contributed by atoms with Gasteiger partial charge in [-0.2, -0.15) is 0 Å². The molecule has 0 radical (unpaired) electrons. The number of allylic oxidation sites excluding steroid dienone is 1. The van der Waals surface area contributed by atoms with Gasteiger partial charge in [0.15, 0.2) is 0 Å². The van der Waals surface area contributed by atoms with Crippen molar-refractivity contribution in [3.05, 3.63) is 48.6 Å².